The van der Waals surface area contributed by atoms with E-state index < -0.39 is 11.9 Å². The van der Waals surface area contributed by atoms with E-state index in [0.717, 1.165) is 0 Å². The number of carbonyl (C=O) groups is 3. The van der Waals surface area contributed by atoms with Crippen molar-refractivity contribution in [2.75, 3.05) is 27.7 Å². The van der Waals surface area contributed by atoms with Crippen LogP contribution in [0.2, 0.25) is 0 Å². The smallest absolute Gasteiger partial charge is 0.338 e. The van der Waals surface area contributed by atoms with E-state index in [1.54, 1.807) is 67.6 Å². The molecule has 0 fully saturated rings. The summed E-state index contributed by atoms with van der Waals surface area (Å²) in [7, 11) is 4.74. The van der Waals surface area contributed by atoms with Gasteiger partial charge in [-0.2, -0.15) is 0 Å². The lowest BCUT2D eigenvalue weighted by Crippen LogP contribution is -2.43. The van der Waals surface area contributed by atoms with Crippen molar-refractivity contribution in [2.24, 2.45) is 0 Å². The first-order valence-electron chi connectivity index (χ1n) is 8.80. The van der Waals surface area contributed by atoms with E-state index in [0.29, 0.717) is 16.7 Å². The molecule has 0 bridgehead atoms. The van der Waals surface area contributed by atoms with Gasteiger partial charge in [-0.3, -0.25) is 14.6 Å². The second-order valence-electron chi connectivity index (χ2n) is 6.20. The van der Waals surface area contributed by atoms with E-state index in [2.05, 4.69) is 4.74 Å². The average molecular weight is 384 g/mol. The number of ether oxygens (including phenoxy) is 2. The van der Waals surface area contributed by atoms with Gasteiger partial charge in [0.2, 0.25) is 0 Å². The first-order valence-corrected chi connectivity index (χ1v) is 8.80. The number of hydrogen-bond donors (Lipinski definition) is 0. The Morgan fingerprint density at radius 1 is 0.929 bits per heavy atom. The number of benzene rings is 2. The topological polar surface area (TPSA) is 76.1 Å². The Hall–Kier alpha value is -3.19. The van der Waals surface area contributed by atoms with Gasteiger partial charge in [0.05, 0.1) is 19.1 Å². The maximum atomic E-state index is 13.0. The maximum absolute atomic E-state index is 13.0. The lowest BCUT2D eigenvalue weighted by atomic mass is 10.1. The predicted octanol–water partition coefficient (Wildman–Crippen LogP) is 2.53. The zero-order chi connectivity index (χ0) is 20.5. The monoisotopic (exact) mass is 384 g/mol. The van der Waals surface area contributed by atoms with Gasteiger partial charge in [-0.05, 0) is 18.2 Å². The molecule has 1 amide bonds. The van der Waals surface area contributed by atoms with Crippen molar-refractivity contribution in [3.63, 3.8) is 0 Å². The number of methoxy groups -OCH3 is 1. The number of carbonyl (C=O) groups excluding carboxylic acids is 3. The summed E-state index contributed by atoms with van der Waals surface area (Å²) in [6.45, 7) is 0.143. The van der Waals surface area contributed by atoms with Gasteiger partial charge >= 0.3 is 11.9 Å². The number of hydrogen-bond acceptors (Lipinski definition) is 6. The second kappa shape index (κ2) is 10.2. The predicted molar refractivity (Wildman–Crippen MR) is 103 cm³/mol. The molecule has 148 valence electrons. The third-order valence-electron chi connectivity index (χ3n) is 4.09. The summed E-state index contributed by atoms with van der Waals surface area (Å²) in [5.41, 5.74) is 1.43. The summed E-state index contributed by atoms with van der Waals surface area (Å²) in [5.74, 6) is -1.15. The van der Waals surface area contributed by atoms with E-state index in [1.165, 1.54) is 12.1 Å². The molecule has 2 rings (SSSR count). The molecular weight excluding hydrogens is 360 g/mol. The van der Waals surface area contributed by atoms with Gasteiger partial charge in [-0.1, -0.05) is 36.4 Å². The van der Waals surface area contributed by atoms with Crippen molar-refractivity contribution in [3.05, 3.63) is 71.3 Å². The van der Waals surface area contributed by atoms with Gasteiger partial charge < -0.3 is 9.47 Å². The Balaban J connectivity index is 2.13. The summed E-state index contributed by atoms with van der Waals surface area (Å²) in [6.07, 6.45) is 0.0750. The highest BCUT2D eigenvalue weighted by molar-refractivity contribution is 5.95. The molecule has 0 atom stereocenters. The van der Waals surface area contributed by atoms with Gasteiger partial charge in [0.1, 0.15) is 6.61 Å². The molecule has 0 aliphatic rings. The van der Waals surface area contributed by atoms with E-state index >= 15 is 0 Å². The first kappa shape index (κ1) is 21.1. The lowest BCUT2D eigenvalue weighted by molar-refractivity contribution is -0.141. The van der Waals surface area contributed by atoms with Crippen LogP contribution in [0.1, 0.15) is 32.7 Å². The minimum Gasteiger partial charge on any atom is -0.469 e. The van der Waals surface area contributed by atoms with Crippen LogP contribution in [0, 0.1) is 0 Å². The summed E-state index contributed by atoms with van der Waals surface area (Å²) in [5, 5.41) is 3.05. The maximum Gasteiger partial charge on any atom is 0.338 e. The molecule has 2 aromatic rings. The summed E-state index contributed by atoms with van der Waals surface area (Å²) < 4.78 is 10.0. The Bertz CT molecular complexity index is 821. The fraction of sp³-hybridized carbons (Fsp3) is 0.286. The molecule has 0 aliphatic heterocycles. The van der Waals surface area contributed by atoms with Crippen molar-refractivity contribution in [1.29, 1.82) is 0 Å². The molecule has 0 aromatic heterocycles. The number of nitrogens with zero attached hydrogens (tertiary/aromatic N) is 2. The van der Waals surface area contributed by atoms with E-state index in [9.17, 15) is 14.4 Å². The normalized spacial score (nSPS) is 10.4. The standard InChI is InChI=1S/C21H24N2O5/c1-22(2)23(14-13-19(24)27-3)20(25)18-12-8-7-11-17(18)15-28-21(26)16-9-5-4-6-10-16/h4-12H,13-15H2,1-3H3. The van der Waals surface area contributed by atoms with Gasteiger partial charge in [0.25, 0.3) is 5.91 Å². The molecule has 0 unspecified atom stereocenters. The third-order valence-corrected chi connectivity index (χ3v) is 4.09. The average Bonchev–Trinajstić information content (AvgIpc) is 2.72. The molecule has 0 saturated carbocycles. The molecular formula is C21H24N2O5. The largest absolute Gasteiger partial charge is 0.469 e. The fourth-order valence-corrected chi connectivity index (χ4v) is 2.58. The van der Waals surface area contributed by atoms with Crippen LogP contribution in [-0.2, 0) is 20.9 Å². The summed E-state index contributed by atoms with van der Waals surface area (Å²) >= 11 is 0. The van der Waals surface area contributed by atoms with Crippen LogP contribution in [0.25, 0.3) is 0 Å². The van der Waals surface area contributed by atoms with Crippen LogP contribution in [0.4, 0.5) is 0 Å². The number of hydrazine groups is 1. The van der Waals surface area contributed by atoms with Crippen molar-refractivity contribution in [3.8, 4) is 0 Å². The van der Waals surface area contributed by atoms with Crippen molar-refractivity contribution < 1.29 is 23.9 Å². The number of amides is 1. The molecule has 0 aliphatic carbocycles. The molecule has 0 heterocycles. The van der Waals surface area contributed by atoms with Crippen molar-refractivity contribution in [2.45, 2.75) is 13.0 Å². The van der Waals surface area contributed by atoms with Crippen LogP contribution >= 0.6 is 0 Å². The highest BCUT2D eigenvalue weighted by Crippen LogP contribution is 2.15. The van der Waals surface area contributed by atoms with Crippen LogP contribution in [-0.4, -0.2) is 55.6 Å². The highest BCUT2D eigenvalue weighted by atomic mass is 16.5. The molecule has 28 heavy (non-hydrogen) atoms. The van der Waals surface area contributed by atoms with Gasteiger partial charge in [-0.15, -0.1) is 0 Å². The molecule has 7 heteroatoms. The molecule has 0 spiro atoms. The first-order chi connectivity index (χ1) is 13.4. The molecule has 2 aromatic carbocycles. The van der Waals surface area contributed by atoms with Crippen LogP contribution in [0.15, 0.2) is 54.6 Å². The Kier molecular flexibility index (Phi) is 7.71. The SMILES string of the molecule is COC(=O)CCN(C(=O)c1ccccc1COC(=O)c1ccccc1)N(C)C. The van der Waals surface area contributed by atoms with Crippen molar-refractivity contribution >= 4 is 17.8 Å². The molecule has 0 radical (unpaired) electrons. The van der Waals surface area contributed by atoms with Gasteiger partial charge in [0.15, 0.2) is 0 Å². The minimum absolute atomic E-state index is 0.0338. The van der Waals surface area contributed by atoms with Crippen LogP contribution in [0.3, 0.4) is 0 Å². The quantitative estimate of drug-likeness (QED) is 0.514. The van der Waals surface area contributed by atoms with Crippen LogP contribution < -0.4 is 0 Å². The zero-order valence-corrected chi connectivity index (χ0v) is 16.3. The summed E-state index contributed by atoms with van der Waals surface area (Å²) in [4.78, 5) is 36.6. The highest BCUT2D eigenvalue weighted by Gasteiger charge is 2.22. The van der Waals surface area contributed by atoms with E-state index in [-0.39, 0.29) is 25.5 Å². The number of esters is 2. The van der Waals surface area contributed by atoms with Gasteiger partial charge in [0, 0.05) is 31.8 Å². The fourth-order valence-electron chi connectivity index (χ4n) is 2.58. The van der Waals surface area contributed by atoms with Crippen LogP contribution in [0.5, 0.6) is 0 Å². The lowest BCUT2D eigenvalue weighted by Gasteiger charge is -2.29. The van der Waals surface area contributed by atoms with E-state index in [1.807, 2.05) is 6.07 Å². The zero-order valence-electron chi connectivity index (χ0n) is 16.3. The Morgan fingerprint density at radius 3 is 2.21 bits per heavy atom. The molecule has 7 nitrogen and oxygen atoms in total. The second-order valence-corrected chi connectivity index (χ2v) is 6.20. The Morgan fingerprint density at radius 2 is 1.57 bits per heavy atom. The third kappa shape index (κ3) is 5.65. The van der Waals surface area contributed by atoms with Gasteiger partial charge in [-0.25, -0.2) is 9.80 Å². The number of rotatable bonds is 8. The minimum atomic E-state index is -0.460. The molecule has 0 N–H and O–H groups in total. The van der Waals surface area contributed by atoms with Crippen molar-refractivity contribution in [1.82, 2.24) is 10.0 Å². The van der Waals surface area contributed by atoms with E-state index in [4.69, 9.17) is 4.74 Å². The molecule has 0 saturated heterocycles. The summed E-state index contributed by atoms with van der Waals surface area (Å²) in [6, 6.07) is 15.6. The Labute approximate surface area is 164 Å².